The summed E-state index contributed by atoms with van der Waals surface area (Å²) in [6.07, 6.45) is 1.21. The molecule has 0 radical (unpaired) electrons. The molecule has 0 saturated heterocycles. The van der Waals surface area contributed by atoms with Gasteiger partial charge in [-0.25, -0.2) is 9.97 Å². The van der Waals surface area contributed by atoms with Crippen LogP contribution in [-0.2, 0) is 4.79 Å². The Morgan fingerprint density at radius 1 is 1.53 bits per heavy atom. The molecule has 0 aliphatic carbocycles. The van der Waals surface area contributed by atoms with E-state index in [0.29, 0.717) is 6.42 Å². The summed E-state index contributed by atoms with van der Waals surface area (Å²) in [4.78, 5) is 19.1. The third-order valence-corrected chi connectivity index (χ3v) is 2.48. The fourth-order valence-electron chi connectivity index (χ4n) is 1.31. The lowest BCUT2D eigenvalue weighted by molar-refractivity contribution is -0.120. The lowest BCUT2D eigenvalue weighted by Gasteiger charge is -2.11. The quantitative estimate of drug-likeness (QED) is 0.666. The van der Waals surface area contributed by atoms with Gasteiger partial charge in [0.1, 0.15) is 17.6 Å². The van der Waals surface area contributed by atoms with E-state index in [1.54, 1.807) is 0 Å². The maximum absolute atomic E-state index is 12.6. The van der Waals surface area contributed by atoms with Crippen LogP contribution >= 0.6 is 23.2 Å². The number of halogens is 3. The van der Waals surface area contributed by atoms with Gasteiger partial charge in [-0.15, -0.1) is 0 Å². The average Bonchev–Trinajstić information content (AvgIpc) is 2.24. The molecule has 1 atom stereocenters. The number of carbonyl (C=O) groups is 1. The SMILES string of the molecule is CCCC(CF)C(=O)Nc1cc(Cl)nc(Cl)n1. The Balaban J connectivity index is 2.72. The molecule has 0 aliphatic rings. The molecule has 1 heterocycles. The number of alkyl halides is 1. The van der Waals surface area contributed by atoms with E-state index < -0.39 is 18.5 Å². The van der Waals surface area contributed by atoms with E-state index >= 15 is 0 Å². The topological polar surface area (TPSA) is 54.9 Å². The molecule has 0 bridgehead atoms. The summed E-state index contributed by atoms with van der Waals surface area (Å²) in [6, 6.07) is 1.35. The minimum Gasteiger partial charge on any atom is -0.310 e. The van der Waals surface area contributed by atoms with Crippen molar-refractivity contribution in [3.05, 3.63) is 16.5 Å². The van der Waals surface area contributed by atoms with Crippen LogP contribution in [0, 0.1) is 5.92 Å². The predicted octanol–water partition coefficient (Wildman–Crippen LogP) is 3.11. The van der Waals surface area contributed by atoms with E-state index in [2.05, 4.69) is 15.3 Å². The third kappa shape index (κ3) is 4.44. The Hall–Kier alpha value is -0.940. The Morgan fingerprint density at radius 2 is 2.24 bits per heavy atom. The molecule has 0 spiro atoms. The zero-order chi connectivity index (χ0) is 12.8. The highest BCUT2D eigenvalue weighted by atomic mass is 35.5. The number of anilines is 1. The number of carbonyl (C=O) groups excluding carboxylic acids is 1. The van der Waals surface area contributed by atoms with Crippen LogP contribution in [0.5, 0.6) is 0 Å². The normalized spacial score (nSPS) is 12.2. The molecule has 94 valence electrons. The van der Waals surface area contributed by atoms with Gasteiger partial charge in [0.25, 0.3) is 0 Å². The fourth-order valence-corrected chi connectivity index (χ4v) is 1.72. The lowest BCUT2D eigenvalue weighted by atomic mass is 10.0. The van der Waals surface area contributed by atoms with Crippen LogP contribution in [0.2, 0.25) is 10.4 Å². The van der Waals surface area contributed by atoms with Crippen molar-refractivity contribution in [2.75, 3.05) is 12.0 Å². The maximum atomic E-state index is 12.6. The zero-order valence-corrected chi connectivity index (χ0v) is 10.7. The molecule has 1 aromatic rings. The largest absolute Gasteiger partial charge is 0.310 e. The lowest BCUT2D eigenvalue weighted by Crippen LogP contribution is -2.24. The molecule has 1 amide bonds. The summed E-state index contributed by atoms with van der Waals surface area (Å²) in [7, 11) is 0. The first-order chi connectivity index (χ1) is 8.06. The van der Waals surface area contributed by atoms with Crippen molar-refractivity contribution in [2.45, 2.75) is 19.8 Å². The Kier molecular flexibility index (Phi) is 5.58. The summed E-state index contributed by atoms with van der Waals surface area (Å²) in [5.41, 5.74) is 0. The number of hydrogen-bond donors (Lipinski definition) is 1. The molecular formula is C10H12Cl2FN3O. The van der Waals surface area contributed by atoms with Crippen molar-refractivity contribution in [2.24, 2.45) is 5.92 Å². The van der Waals surface area contributed by atoms with Crippen LogP contribution in [0.3, 0.4) is 0 Å². The molecule has 0 aliphatic heterocycles. The summed E-state index contributed by atoms with van der Waals surface area (Å²) in [5.74, 6) is -0.928. The minimum atomic E-state index is -0.702. The minimum absolute atomic E-state index is 0.0694. The van der Waals surface area contributed by atoms with Gasteiger partial charge in [0.05, 0.1) is 5.92 Å². The summed E-state index contributed by atoms with van der Waals surface area (Å²) in [5, 5.41) is 2.51. The summed E-state index contributed by atoms with van der Waals surface area (Å²) >= 11 is 11.2. The van der Waals surface area contributed by atoms with E-state index in [1.807, 2.05) is 6.92 Å². The van der Waals surface area contributed by atoms with E-state index in [1.165, 1.54) is 6.07 Å². The van der Waals surface area contributed by atoms with Gasteiger partial charge in [0.15, 0.2) is 0 Å². The van der Waals surface area contributed by atoms with Crippen LogP contribution in [0.1, 0.15) is 19.8 Å². The molecule has 0 fully saturated rings. The molecule has 1 unspecified atom stereocenters. The second kappa shape index (κ2) is 6.71. The first kappa shape index (κ1) is 14.1. The molecular weight excluding hydrogens is 268 g/mol. The van der Waals surface area contributed by atoms with E-state index in [0.717, 1.165) is 6.42 Å². The van der Waals surface area contributed by atoms with Gasteiger partial charge >= 0.3 is 0 Å². The van der Waals surface area contributed by atoms with Crippen LogP contribution in [0.15, 0.2) is 6.07 Å². The van der Waals surface area contributed by atoms with Crippen molar-refractivity contribution in [3.8, 4) is 0 Å². The molecule has 1 rings (SSSR count). The zero-order valence-electron chi connectivity index (χ0n) is 9.21. The standard InChI is InChI=1S/C10H12Cl2FN3O/c1-2-3-6(5-13)9(17)15-8-4-7(11)14-10(12)16-8/h4,6H,2-3,5H2,1H3,(H,14,15,16,17). The second-order valence-electron chi connectivity index (χ2n) is 3.47. The molecule has 17 heavy (non-hydrogen) atoms. The molecule has 0 aromatic carbocycles. The van der Waals surface area contributed by atoms with Crippen molar-refractivity contribution < 1.29 is 9.18 Å². The smallest absolute Gasteiger partial charge is 0.231 e. The average molecular weight is 280 g/mol. The van der Waals surface area contributed by atoms with Gasteiger partial charge in [0, 0.05) is 6.07 Å². The highest BCUT2D eigenvalue weighted by Gasteiger charge is 2.18. The first-order valence-corrected chi connectivity index (χ1v) is 5.89. The van der Waals surface area contributed by atoms with Crippen LogP contribution in [0.4, 0.5) is 10.2 Å². The van der Waals surface area contributed by atoms with Crippen molar-refractivity contribution in [1.29, 1.82) is 0 Å². The Labute approximate surface area is 109 Å². The Morgan fingerprint density at radius 3 is 2.76 bits per heavy atom. The van der Waals surface area contributed by atoms with Gasteiger partial charge in [-0.1, -0.05) is 24.9 Å². The summed E-state index contributed by atoms with van der Waals surface area (Å²) < 4.78 is 12.6. The van der Waals surface area contributed by atoms with Crippen LogP contribution in [0.25, 0.3) is 0 Å². The fraction of sp³-hybridized carbons (Fsp3) is 0.500. The van der Waals surface area contributed by atoms with Crippen LogP contribution in [-0.4, -0.2) is 22.5 Å². The van der Waals surface area contributed by atoms with Gasteiger partial charge in [-0.3, -0.25) is 9.18 Å². The number of rotatable bonds is 5. The van der Waals surface area contributed by atoms with E-state index in [-0.39, 0.29) is 16.3 Å². The predicted molar refractivity (Wildman–Crippen MR) is 65.1 cm³/mol. The number of hydrogen-bond acceptors (Lipinski definition) is 3. The molecule has 7 heteroatoms. The van der Waals surface area contributed by atoms with E-state index in [9.17, 15) is 9.18 Å². The first-order valence-electron chi connectivity index (χ1n) is 5.13. The van der Waals surface area contributed by atoms with Gasteiger partial charge in [-0.2, -0.15) is 0 Å². The number of nitrogens with zero attached hydrogens (tertiary/aromatic N) is 2. The number of nitrogens with one attached hydrogen (secondary N) is 1. The molecule has 0 saturated carbocycles. The monoisotopic (exact) mass is 279 g/mol. The van der Waals surface area contributed by atoms with Crippen LogP contribution < -0.4 is 5.32 Å². The number of amides is 1. The van der Waals surface area contributed by atoms with Gasteiger partial charge in [0.2, 0.25) is 11.2 Å². The van der Waals surface area contributed by atoms with Crippen molar-refractivity contribution in [1.82, 2.24) is 9.97 Å². The number of aromatic nitrogens is 2. The summed E-state index contributed by atoms with van der Waals surface area (Å²) in [6.45, 7) is 1.18. The second-order valence-corrected chi connectivity index (χ2v) is 4.20. The molecule has 1 aromatic heterocycles. The Bertz CT molecular complexity index is 383. The molecule has 1 N–H and O–H groups in total. The van der Waals surface area contributed by atoms with Crippen molar-refractivity contribution >= 4 is 34.9 Å². The highest BCUT2D eigenvalue weighted by molar-refractivity contribution is 6.32. The van der Waals surface area contributed by atoms with Gasteiger partial charge in [-0.05, 0) is 18.0 Å². The van der Waals surface area contributed by atoms with Gasteiger partial charge < -0.3 is 5.32 Å². The maximum Gasteiger partial charge on any atom is 0.231 e. The highest BCUT2D eigenvalue weighted by Crippen LogP contribution is 2.16. The third-order valence-electron chi connectivity index (χ3n) is 2.11. The van der Waals surface area contributed by atoms with E-state index in [4.69, 9.17) is 23.2 Å². The van der Waals surface area contributed by atoms with Crippen molar-refractivity contribution in [3.63, 3.8) is 0 Å². The molecule has 4 nitrogen and oxygen atoms in total.